The van der Waals surface area contributed by atoms with E-state index in [4.69, 9.17) is 9.47 Å². The quantitative estimate of drug-likeness (QED) is 0.753. The number of hydrogen-bond donors (Lipinski definition) is 0. The van der Waals surface area contributed by atoms with Crippen molar-refractivity contribution >= 4 is 6.09 Å². The van der Waals surface area contributed by atoms with Crippen LogP contribution in [0.5, 0.6) is 5.75 Å². The van der Waals surface area contributed by atoms with Crippen molar-refractivity contribution in [3.8, 4) is 5.75 Å². The molecule has 2 aliphatic heterocycles. The van der Waals surface area contributed by atoms with Crippen LogP contribution in [0, 0.1) is 0 Å². The topological polar surface area (TPSA) is 54.9 Å². The Morgan fingerprint density at radius 1 is 1.19 bits per heavy atom. The van der Waals surface area contributed by atoms with Crippen LogP contribution >= 0.6 is 0 Å². The number of aryl methyl sites for hydroxylation is 1. The van der Waals surface area contributed by atoms with E-state index >= 15 is 0 Å². The van der Waals surface area contributed by atoms with Crippen LogP contribution in [0.1, 0.15) is 17.5 Å². The van der Waals surface area contributed by atoms with Gasteiger partial charge in [-0.25, -0.2) is 4.79 Å². The SMILES string of the molecule is COc1ccc(CCCN2C(=O)O[C@@H]3CN(Cc4cccnc4)C[C@@H]32)cc1. The van der Waals surface area contributed by atoms with Crippen LogP contribution in [0.2, 0.25) is 0 Å². The van der Waals surface area contributed by atoms with Gasteiger partial charge in [0.05, 0.1) is 13.2 Å². The van der Waals surface area contributed by atoms with Crippen LogP contribution in [0.4, 0.5) is 4.79 Å². The second kappa shape index (κ2) is 7.96. The van der Waals surface area contributed by atoms with E-state index in [1.165, 1.54) is 11.1 Å². The molecule has 0 bridgehead atoms. The van der Waals surface area contributed by atoms with Gasteiger partial charge >= 0.3 is 6.09 Å². The number of benzene rings is 1. The number of nitrogens with zero attached hydrogens (tertiary/aromatic N) is 3. The number of ether oxygens (including phenoxy) is 2. The fraction of sp³-hybridized carbons (Fsp3) is 0.429. The standard InChI is InChI=1S/C21H25N3O3/c1-26-18-8-6-16(7-9-18)5-3-11-24-19-14-23(15-20(19)27-21(24)25)13-17-4-2-10-22-12-17/h2,4,6-10,12,19-20H,3,5,11,13-15H2,1H3/t19-,20+/m0/s1. The first-order valence-corrected chi connectivity index (χ1v) is 9.44. The maximum atomic E-state index is 12.2. The number of fused-ring (bicyclic) bond motifs is 1. The molecule has 2 aromatic rings. The van der Waals surface area contributed by atoms with Crippen molar-refractivity contribution in [2.24, 2.45) is 0 Å². The van der Waals surface area contributed by atoms with Crippen LogP contribution in [0.15, 0.2) is 48.8 Å². The van der Waals surface area contributed by atoms with Gasteiger partial charge in [0.2, 0.25) is 0 Å². The van der Waals surface area contributed by atoms with Gasteiger partial charge in [0, 0.05) is 38.6 Å². The highest BCUT2D eigenvalue weighted by atomic mass is 16.6. The smallest absolute Gasteiger partial charge is 0.410 e. The minimum absolute atomic E-state index is 0.0184. The highest BCUT2D eigenvalue weighted by Crippen LogP contribution is 2.28. The van der Waals surface area contributed by atoms with Crippen molar-refractivity contribution in [2.45, 2.75) is 31.5 Å². The lowest BCUT2D eigenvalue weighted by Crippen LogP contribution is -2.38. The molecule has 27 heavy (non-hydrogen) atoms. The Bertz CT molecular complexity index is 766. The number of hydrogen-bond acceptors (Lipinski definition) is 5. The summed E-state index contributed by atoms with van der Waals surface area (Å²) in [5.74, 6) is 0.865. The predicted octanol–water partition coefficient (Wildman–Crippen LogP) is 2.73. The number of carbonyl (C=O) groups is 1. The molecule has 2 saturated heterocycles. The molecule has 0 N–H and O–H groups in total. The Labute approximate surface area is 159 Å². The molecular weight excluding hydrogens is 342 g/mol. The van der Waals surface area contributed by atoms with Crippen molar-refractivity contribution < 1.29 is 14.3 Å². The normalized spacial score (nSPS) is 22.0. The van der Waals surface area contributed by atoms with E-state index in [1.54, 1.807) is 13.3 Å². The molecule has 0 unspecified atom stereocenters. The zero-order valence-electron chi connectivity index (χ0n) is 15.6. The molecule has 2 atom stereocenters. The Kier molecular flexibility index (Phi) is 5.25. The summed E-state index contributed by atoms with van der Waals surface area (Å²) in [6, 6.07) is 12.3. The van der Waals surface area contributed by atoms with Crippen LogP contribution in [-0.4, -0.2) is 59.8 Å². The molecule has 0 spiro atoms. The molecule has 0 radical (unpaired) electrons. The van der Waals surface area contributed by atoms with E-state index in [1.807, 2.05) is 29.3 Å². The maximum absolute atomic E-state index is 12.2. The highest BCUT2D eigenvalue weighted by molar-refractivity contribution is 5.71. The highest BCUT2D eigenvalue weighted by Gasteiger charge is 2.47. The van der Waals surface area contributed by atoms with Crippen molar-refractivity contribution in [3.05, 3.63) is 59.9 Å². The molecular formula is C21H25N3O3. The zero-order valence-corrected chi connectivity index (χ0v) is 15.6. The Balaban J connectivity index is 1.29. The molecule has 142 valence electrons. The summed E-state index contributed by atoms with van der Waals surface area (Å²) in [7, 11) is 1.67. The number of pyridine rings is 1. The Hall–Kier alpha value is -2.60. The van der Waals surface area contributed by atoms with Gasteiger partial charge in [-0.15, -0.1) is 0 Å². The molecule has 4 rings (SSSR count). The lowest BCUT2D eigenvalue weighted by molar-refractivity contribution is 0.120. The monoisotopic (exact) mass is 367 g/mol. The fourth-order valence-electron chi connectivity index (χ4n) is 3.96. The van der Waals surface area contributed by atoms with E-state index in [-0.39, 0.29) is 18.2 Å². The summed E-state index contributed by atoms with van der Waals surface area (Å²) in [5.41, 5.74) is 2.44. The van der Waals surface area contributed by atoms with Crippen molar-refractivity contribution in [1.29, 1.82) is 0 Å². The minimum Gasteiger partial charge on any atom is -0.497 e. The first-order chi connectivity index (χ1) is 13.2. The largest absolute Gasteiger partial charge is 0.497 e. The van der Waals surface area contributed by atoms with Gasteiger partial charge in [-0.05, 0) is 42.2 Å². The van der Waals surface area contributed by atoms with Gasteiger partial charge < -0.3 is 14.4 Å². The van der Waals surface area contributed by atoms with Crippen molar-refractivity contribution in [1.82, 2.24) is 14.8 Å². The summed E-state index contributed by atoms with van der Waals surface area (Å²) in [6.45, 7) is 3.22. The van der Waals surface area contributed by atoms with Gasteiger partial charge in [-0.2, -0.15) is 0 Å². The van der Waals surface area contributed by atoms with Gasteiger partial charge in [0.15, 0.2) is 0 Å². The molecule has 0 aliphatic carbocycles. The number of amides is 1. The van der Waals surface area contributed by atoms with Gasteiger partial charge in [0.25, 0.3) is 0 Å². The average Bonchev–Trinajstić information content (AvgIpc) is 3.20. The third-order valence-corrected chi connectivity index (χ3v) is 5.35. The average molecular weight is 367 g/mol. The first kappa shape index (κ1) is 17.8. The van der Waals surface area contributed by atoms with Crippen LogP contribution < -0.4 is 4.74 Å². The summed E-state index contributed by atoms with van der Waals surface area (Å²) >= 11 is 0. The van der Waals surface area contributed by atoms with Gasteiger partial charge in [-0.1, -0.05) is 18.2 Å². The van der Waals surface area contributed by atoms with E-state index in [0.29, 0.717) is 0 Å². The molecule has 6 nitrogen and oxygen atoms in total. The number of likely N-dealkylation sites (tertiary alicyclic amines) is 1. The molecule has 6 heteroatoms. The zero-order chi connectivity index (χ0) is 18.6. The number of methoxy groups -OCH3 is 1. The molecule has 0 saturated carbocycles. The molecule has 1 aromatic heterocycles. The summed E-state index contributed by atoms with van der Waals surface area (Å²) in [5, 5.41) is 0. The van der Waals surface area contributed by atoms with Gasteiger partial charge in [0.1, 0.15) is 11.9 Å². The van der Waals surface area contributed by atoms with E-state index < -0.39 is 0 Å². The second-order valence-corrected chi connectivity index (χ2v) is 7.19. The van der Waals surface area contributed by atoms with Crippen LogP contribution in [0.25, 0.3) is 0 Å². The summed E-state index contributed by atoms with van der Waals surface area (Å²) in [4.78, 5) is 20.7. The Morgan fingerprint density at radius 3 is 2.78 bits per heavy atom. The van der Waals surface area contributed by atoms with Crippen LogP contribution in [-0.2, 0) is 17.7 Å². The summed E-state index contributed by atoms with van der Waals surface area (Å²) in [6.07, 6.45) is 5.36. The lowest BCUT2D eigenvalue weighted by Gasteiger charge is -2.22. The lowest BCUT2D eigenvalue weighted by atomic mass is 10.1. The molecule has 1 aromatic carbocycles. The Morgan fingerprint density at radius 2 is 2.04 bits per heavy atom. The first-order valence-electron chi connectivity index (χ1n) is 9.44. The van der Waals surface area contributed by atoms with E-state index in [2.05, 4.69) is 28.1 Å². The van der Waals surface area contributed by atoms with Crippen LogP contribution in [0.3, 0.4) is 0 Å². The van der Waals surface area contributed by atoms with Crippen molar-refractivity contribution in [3.63, 3.8) is 0 Å². The molecule has 2 aliphatic rings. The predicted molar refractivity (Wildman–Crippen MR) is 102 cm³/mol. The van der Waals surface area contributed by atoms with Gasteiger partial charge in [-0.3, -0.25) is 9.88 Å². The number of rotatable bonds is 7. The third-order valence-electron chi connectivity index (χ3n) is 5.35. The molecule has 1 amide bonds. The van der Waals surface area contributed by atoms with Crippen molar-refractivity contribution in [2.75, 3.05) is 26.7 Å². The third kappa shape index (κ3) is 4.06. The maximum Gasteiger partial charge on any atom is 0.410 e. The minimum atomic E-state index is -0.166. The fourth-order valence-corrected chi connectivity index (χ4v) is 3.96. The number of aromatic nitrogens is 1. The molecule has 2 fully saturated rings. The van der Waals surface area contributed by atoms with E-state index in [9.17, 15) is 4.79 Å². The second-order valence-electron chi connectivity index (χ2n) is 7.19. The number of carbonyl (C=O) groups excluding carboxylic acids is 1. The van der Waals surface area contributed by atoms with E-state index in [0.717, 1.165) is 44.8 Å². The molecule has 3 heterocycles. The summed E-state index contributed by atoms with van der Waals surface area (Å²) < 4.78 is 10.8.